The number of amides is 1. The second kappa shape index (κ2) is 8.09. The third-order valence-electron chi connectivity index (χ3n) is 4.21. The minimum absolute atomic E-state index is 0.00660. The molecular formula is C18H22FN4O3+. The quantitative estimate of drug-likeness (QED) is 0.492. The van der Waals surface area contributed by atoms with Crippen molar-refractivity contribution in [1.82, 2.24) is 9.81 Å². The van der Waals surface area contributed by atoms with Gasteiger partial charge in [-0.15, -0.1) is 0 Å². The van der Waals surface area contributed by atoms with Crippen LogP contribution in [0, 0.1) is 28.6 Å². The SMILES string of the molecule is CC(C)(C)C1[C@@H](N=[N+]=N)[C@H](OCC#Cc2ccccc2F)CN1C(=O)O. The first kappa shape index (κ1) is 19.6. The van der Waals surface area contributed by atoms with Crippen LogP contribution >= 0.6 is 0 Å². The molecule has 8 heteroatoms. The van der Waals surface area contributed by atoms with Gasteiger partial charge in [0.25, 0.3) is 0 Å². The van der Waals surface area contributed by atoms with Crippen LogP contribution in [0.3, 0.4) is 0 Å². The zero-order valence-corrected chi connectivity index (χ0v) is 14.9. The summed E-state index contributed by atoms with van der Waals surface area (Å²) >= 11 is 0. The number of benzene rings is 1. The van der Waals surface area contributed by atoms with Crippen LogP contribution in [0.5, 0.6) is 0 Å². The van der Waals surface area contributed by atoms with Crippen molar-refractivity contribution < 1.29 is 19.0 Å². The Bertz CT molecular complexity index is 775. The van der Waals surface area contributed by atoms with E-state index in [-0.39, 0.29) is 18.7 Å². The van der Waals surface area contributed by atoms with E-state index in [2.05, 4.69) is 21.9 Å². The summed E-state index contributed by atoms with van der Waals surface area (Å²) in [4.78, 5) is 16.0. The number of carbonyl (C=O) groups is 1. The Labute approximate surface area is 151 Å². The zero-order valence-electron chi connectivity index (χ0n) is 14.9. The van der Waals surface area contributed by atoms with Crippen molar-refractivity contribution in [2.24, 2.45) is 10.5 Å². The maximum atomic E-state index is 13.5. The third kappa shape index (κ3) is 4.45. The number of likely N-dealkylation sites (tertiary alicyclic amines) is 1. The first-order valence-corrected chi connectivity index (χ1v) is 8.17. The summed E-state index contributed by atoms with van der Waals surface area (Å²) in [7, 11) is 0. The number of nitrogens with one attached hydrogen (secondary N) is 1. The van der Waals surface area contributed by atoms with Gasteiger partial charge in [-0.2, -0.15) is 0 Å². The maximum absolute atomic E-state index is 13.5. The van der Waals surface area contributed by atoms with E-state index in [9.17, 15) is 14.3 Å². The van der Waals surface area contributed by atoms with E-state index in [1.165, 1.54) is 11.0 Å². The standard InChI is InChI=1S/C18H21FN4O3/c1-18(2,3)16-15(21-22-20)14(11-23(16)17(24)25)26-10-6-8-12-7-4-5-9-13(12)19/h4-5,7,9,14-16,20H,10-11H2,1-3H3/p+1/t14-,15+,16?/m1/s1. The van der Waals surface area contributed by atoms with Gasteiger partial charge >= 0.3 is 6.09 Å². The van der Waals surface area contributed by atoms with Crippen LogP contribution in [0.4, 0.5) is 9.18 Å². The van der Waals surface area contributed by atoms with Crippen LogP contribution in [-0.4, -0.2) is 47.4 Å². The van der Waals surface area contributed by atoms with E-state index < -0.39 is 35.5 Å². The molecule has 1 unspecified atom stereocenters. The van der Waals surface area contributed by atoms with Crippen LogP contribution < -0.4 is 4.91 Å². The largest absolute Gasteiger partial charge is 0.465 e. The predicted octanol–water partition coefficient (Wildman–Crippen LogP) is 2.89. The number of hydrogen-bond donors (Lipinski definition) is 2. The van der Waals surface area contributed by atoms with Crippen molar-refractivity contribution in [2.45, 2.75) is 39.0 Å². The smallest absolute Gasteiger partial charge is 0.407 e. The van der Waals surface area contributed by atoms with Gasteiger partial charge in [-0.25, -0.2) is 9.18 Å². The Morgan fingerprint density at radius 1 is 1.50 bits per heavy atom. The predicted molar refractivity (Wildman–Crippen MR) is 92.1 cm³/mol. The average Bonchev–Trinajstić information content (AvgIpc) is 2.92. The van der Waals surface area contributed by atoms with Crippen molar-refractivity contribution in [3.8, 4) is 11.8 Å². The number of hydrogen-bond acceptors (Lipinski definition) is 4. The molecule has 1 aliphatic rings. The van der Waals surface area contributed by atoms with Crippen molar-refractivity contribution in [2.75, 3.05) is 13.2 Å². The van der Waals surface area contributed by atoms with Crippen LogP contribution in [0.1, 0.15) is 26.3 Å². The molecule has 2 rings (SSSR count). The highest BCUT2D eigenvalue weighted by Gasteiger charge is 2.52. The Hall–Kier alpha value is -2.75. The summed E-state index contributed by atoms with van der Waals surface area (Å²) < 4.78 is 19.2. The monoisotopic (exact) mass is 361 g/mol. The summed E-state index contributed by atoms with van der Waals surface area (Å²) in [5.41, 5.74) is 6.90. The number of ether oxygens (including phenoxy) is 1. The molecule has 3 atom stereocenters. The fourth-order valence-corrected chi connectivity index (χ4v) is 3.18. The van der Waals surface area contributed by atoms with Crippen molar-refractivity contribution in [3.63, 3.8) is 0 Å². The summed E-state index contributed by atoms with van der Waals surface area (Å²) in [6.07, 6.45) is -1.64. The highest BCUT2D eigenvalue weighted by molar-refractivity contribution is 5.66. The van der Waals surface area contributed by atoms with Crippen LogP contribution in [0.2, 0.25) is 0 Å². The van der Waals surface area contributed by atoms with Crippen molar-refractivity contribution in [1.29, 1.82) is 5.53 Å². The van der Waals surface area contributed by atoms with Gasteiger partial charge in [0.05, 0.1) is 18.2 Å². The summed E-state index contributed by atoms with van der Waals surface area (Å²) in [6, 6.07) is 5.09. The third-order valence-corrected chi connectivity index (χ3v) is 4.21. The Balaban J connectivity index is 2.14. The van der Waals surface area contributed by atoms with E-state index >= 15 is 0 Å². The Kier molecular flexibility index (Phi) is 6.09. The second-order valence-electron chi connectivity index (χ2n) is 7.08. The van der Waals surface area contributed by atoms with Crippen molar-refractivity contribution >= 4 is 6.09 Å². The van der Waals surface area contributed by atoms with Gasteiger partial charge < -0.3 is 9.84 Å². The fraction of sp³-hybridized carbons (Fsp3) is 0.500. The van der Waals surface area contributed by atoms with Gasteiger partial charge in [-0.05, 0) is 17.5 Å². The summed E-state index contributed by atoms with van der Waals surface area (Å²) in [6.45, 7) is 5.82. The molecule has 0 bridgehead atoms. The first-order chi connectivity index (χ1) is 12.3. The Morgan fingerprint density at radius 3 is 2.77 bits per heavy atom. The molecule has 0 spiro atoms. The maximum Gasteiger partial charge on any atom is 0.407 e. The molecule has 0 radical (unpaired) electrons. The molecule has 1 fully saturated rings. The lowest BCUT2D eigenvalue weighted by Gasteiger charge is -2.33. The van der Waals surface area contributed by atoms with Crippen molar-refractivity contribution in [3.05, 3.63) is 35.6 Å². The molecule has 7 nitrogen and oxygen atoms in total. The van der Waals surface area contributed by atoms with E-state index in [1.54, 1.807) is 18.2 Å². The molecule has 1 saturated heterocycles. The zero-order chi connectivity index (χ0) is 19.3. The minimum atomic E-state index is -1.07. The lowest BCUT2D eigenvalue weighted by Crippen LogP contribution is -2.47. The molecule has 138 valence electrons. The molecule has 0 aliphatic carbocycles. The van der Waals surface area contributed by atoms with Gasteiger partial charge in [0.1, 0.15) is 29.2 Å². The number of nitrogens with zero attached hydrogens (tertiary/aromatic N) is 3. The molecule has 26 heavy (non-hydrogen) atoms. The van der Waals surface area contributed by atoms with E-state index in [4.69, 9.17) is 10.3 Å². The number of rotatable bonds is 3. The van der Waals surface area contributed by atoms with E-state index in [0.717, 1.165) is 0 Å². The van der Waals surface area contributed by atoms with Crippen LogP contribution in [0.15, 0.2) is 29.4 Å². The topological polar surface area (TPSA) is 100 Å². The van der Waals surface area contributed by atoms with Gasteiger partial charge in [0, 0.05) is 0 Å². The molecule has 2 N–H and O–H groups in total. The normalized spacial score (nSPS) is 22.3. The second-order valence-corrected chi connectivity index (χ2v) is 7.08. The lowest BCUT2D eigenvalue weighted by atomic mass is 9.82. The minimum Gasteiger partial charge on any atom is -0.465 e. The van der Waals surface area contributed by atoms with Crippen LogP contribution in [0.25, 0.3) is 0 Å². The lowest BCUT2D eigenvalue weighted by molar-refractivity contribution is 0.0710. The average molecular weight is 361 g/mol. The Morgan fingerprint density at radius 2 is 2.19 bits per heavy atom. The highest BCUT2D eigenvalue weighted by atomic mass is 19.1. The summed E-state index contributed by atoms with van der Waals surface area (Å²) in [5.74, 6) is 5.01. The van der Waals surface area contributed by atoms with E-state index in [0.29, 0.717) is 0 Å². The van der Waals surface area contributed by atoms with Gasteiger partial charge in [-0.3, -0.25) is 4.90 Å². The highest BCUT2D eigenvalue weighted by Crippen LogP contribution is 2.35. The number of carboxylic acid groups (broad SMARTS) is 1. The molecule has 1 aromatic carbocycles. The van der Waals surface area contributed by atoms with Gasteiger partial charge in [0.15, 0.2) is 6.04 Å². The van der Waals surface area contributed by atoms with Crippen LogP contribution in [-0.2, 0) is 4.74 Å². The van der Waals surface area contributed by atoms with Gasteiger partial charge in [0.2, 0.25) is 4.91 Å². The number of halogens is 1. The molecule has 1 aromatic rings. The molecule has 0 saturated carbocycles. The molecule has 0 aromatic heterocycles. The molecule has 1 heterocycles. The first-order valence-electron chi connectivity index (χ1n) is 8.17. The fourth-order valence-electron chi connectivity index (χ4n) is 3.18. The molecular weight excluding hydrogens is 339 g/mol. The molecule has 1 aliphatic heterocycles. The molecule has 1 amide bonds. The summed E-state index contributed by atoms with van der Waals surface area (Å²) in [5, 5.41) is 13.4. The van der Waals surface area contributed by atoms with E-state index in [1.807, 2.05) is 20.8 Å². The van der Waals surface area contributed by atoms with Gasteiger partial charge in [-0.1, -0.05) is 44.7 Å².